The molecule has 0 unspecified atom stereocenters. The van der Waals surface area contributed by atoms with Gasteiger partial charge in [0.1, 0.15) is 0 Å². The number of rotatable bonds is 8. The van der Waals surface area contributed by atoms with Crippen molar-refractivity contribution in [1.82, 2.24) is 0 Å². The summed E-state index contributed by atoms with van der Waals surface area (Å²) in [4.78, 5) is 4.69. The zero-order chi connectivity index (χ0) is 36.4. The van der Waals surface area contributed by atoms with Crippen molar-refractivity contribution in [3.8, 4) is 22.3 Å². The summed E-state index contributed by atoms with van der Waals surface area (Å²) >= 11 is 0. The van der Waals surface area contributed by atoms with Gasteiger partial charge in [0.25, 0.3) is 0 Å². The second-order valence-corrected chi connectivity index (χ2v) is 13.9. The molecule has 54 heavy (non-hydrogen) atoms. The van der Waals surface area contributed by atoms with E-state index in [0.29, 0.717) is 0 Å². The third-order valence-corrected chi connectivity index (χ3v) is 10.5. The number of anilines is 6. The first-order chi connectivity index (χ1) is 26.7. The highest BCUT2D eigenvalue weighted by molar-refractivity contribution is 6.21. The maximum Gasteiger partial charge on any atom is 0.0493 e. The Hall–Kier alpha value is -6.90. The zero-order valence-electron chi connectivity index (χ0n) is 30.5. The lowest BCUT2D eigenvalue weighted by atomic mass is 9.84. The summed E-state index contributed by atoms with van der Waals surface area (Å²) in [6.45, 7) is 4.51. The first-order valence-electron chi connectivity index (χ1n) is 18.6. The lowest BCUT2D eigenvalue weighted by molar-refractivity contribution is 1.23. The predicted octanol–water partition coefficient (Wildman–Crippen LogP) is 14.9. The van der Waals surface area contributed by atoms with Gasteiger partial charge in [-0.1, -0.05) is 133 Å². The summed E-state index contributed by atoms with van der Waals surface area (Å²) in [5, 5.41) is 5.07. The third kappa shape index (κ3) is 5.98. The van der Waals surface area contributed by atoms with Crippen LogP contribution in [0.1, 0.15) is 11.1 Å². The second kappa shape index (κ2) is 14.3. The summed E-state index contributed by atoms with van der Waals surface area (Å²) in [6, 6.07) is 74.2. The van der Waals surface area contributed by atoms with Crippen molar-refractivity contribution in [1.29, 1.82) is 0 Å². The number of hydrogen-bond acceptors (Lipinski definition) is 2. The number of para-hydroxylation sites is 3. The first-order valence-corrected chi connectivity index (χ1v) is 18.6. The average Bonchev–Trinajstić information content (AvgIpc) is 3.23. The molecule has 0 heterocycles. The Balaban J connectivity index is 1.19. The largest absolute Gasteiger partial charge is 0.311 e. The Bertz CT molecular complexity index is 2610. The van der Waals surface area contributed by atoms with E-state index in [1.54, 1.807) is 0 Å². The molecule has 258 valence electrons. The molecule has 2 nitrogen and oxygen atoms in total. The van der Waals surface area contributed by atoms with Crippen LogP contribution in [0.2, 0.25) is 0 Å². The predicted molar refractivity (Wildman–Crippen MR) is 231 cm³/mol. The Morgan fingerprint density at radius 3 is 1.11 bits per heavy atom. The van der Waals surface area contributed by atoms with E-state index >= 15 is 0 Å². The van der Waals surface area contributed by atoms with Gasteiger partial charge in [0.2, 0.25) is 0 Å². The minimum absolute atomic E-state index is 1.10. The molecule has 0 bridgehead atoms. The molecule has 0 aliphatic heterocycles. The monoisotopic (exact) mass is 692 g/mol. The molecule has 0 amide bonds. The van der Waals surface area contributed by atoms with Crippen LogP contribution in [0.5, 0.6) is 0 Å². The fourth-order valence-corrected chi connectivity index (χ4v) is 8.00. The van der Waals surface area contributed by atoms with Gasteiger partial charge in [0.05, 0.1) is 0 Å². The Labute approximate surface area is 317 Å². The molecule has 0 fully saturated rings. The van der Waals surface area contributed by atoms with Crippen LogP contribution >= 0.6 is 0 Å². The van der Waals surface area contributed by atoms with Crippen molar-refractivity contribution in [3.05, 3.63) is 217 Å². The molecule has 9 aromatic carbocycles. The van der Waals surface area contributed by atoms with Crippen LogP contribution in [0, 0.1) is 13.8 Å². The quantitative estimate of drug-likeness (QED) is 0.146. The standard InChI is InChI=1S/C52H40N2/c1-37-36-50(38(2)35-49(37)52-47-29-17-15-27-45(47)51(39-19-7-3-8-20-39)46-28-16-18-30-48(46)52)54(42-25-13-6-14-26-42)44-33-31-43(32-34-44)53(40-21-9-4-10-22-40)41-23-11-5-12-24-41/h3-36H,1-2H3. The minimum atomic E-state index is 1.10. The van der Waals surface area contributed by atoms with Gasteiger partial charge in [-0.05, 0) is 142 Å². The van der Waals surface area contributed by atoms with E-state index in [-0.39, 0.29) is 0 Å². The third-order valence-electron chi connectivity index (χ3n) is 10.5. The van der Waals surface area contributed by atoms with Crippen molar-refractivity contribution in [3.63, 3.8) is 0 Å². The Kier molecular flexibility index (Phi) is 8.70. The average molecular weight is 693 g/mol. The molecule has 0 N–H and O–H groups in total. The zero-order valence-corrected chi connectivity index (χ0v) is 30.5. The highest BCUT2D eigenvalue weighted by atomic mass is 15.2. The van der Waals surface area contributed by atoms with Crippen molar-refractivity contribution in [2.45, 2.75) is 13.8 Å². The van der Waals surface area contributed by atoms with Crippen molar-refractivity contribution in [2.24, 2.45) is 0 Å². The van der Waals surface area contributed by atoms with Crippen LogP contribution < -0.4 is 9.80 Å². The number of aryl methyl sites for hydroxylation is 2. The van der Waals surface area contributed by atoms with Crippen LogP contribution in [0.3, 0.4) is 0 Å². The van der Waals surface area contributed by atoms with Crippen LogP contribution in [-0.2, 0) is 0 Å². The van der Waals surface area contributed by atoms with Crippen molar-refractivity contribution >= 4 is 55.7 Å². The van der Waals surface area contributed by atoms with Crippen LogP contribution in [0.4, 0.5) is 34.1 Å². The summed E-state index contributed by atoms with van der Waals surface area (Å²) in [5.74, 6) is 0. The Morgan fingerprint density at radius 2 is 0.648 bits per heavy atom. The minimum Gasteiger partial charge on any atom is -0.311 e. The smallest absolute Gasteiger partial charge is 0.0493 e. The molecule has 0 saturated heterocycles. The molecule has 0 saturated carbocycles. The van der Waals surface area contributed by atoms with Gasteiger partial charge in [-0.3, -0.25) is 0 Å². The second-order valence-electron chi connectivity index (χ2n) is 13.9. The van der Waals surface area contributed by atoms with E-state index in [9.17, 15) is 0 Å². The molecular formula is C52H40N2. The number of fused-ring (bicyclic) bond motifs is 2. The molecule has 9 aromatic rings. The van der Waals surface area contributed by atoms with E-state index in [1.807, 2.05) is 0 Å². The summed E-state index contributed by atoms with van der Waals surface area (Å²) in [6.07, 6.45) is 0. The molecule has 0 atom stereocenters. The highest BCUT2D eigenvalue weighted by Crippen LogP contribution is 2.47. The van der Waals surface area contributed by atoms with E-state index < -0.39 is 0 Å². The van der Waals surface area contributed by atoms with Crippen LogP contribution in [0.25, 0.3) is 43.8 Å². The maximum absolute atomic E-state index is 2.40. The maximum atomic E-state index is 2.40. The number of benzene rings is 9. The van der Waals surface area contributed by atoms with E-state index in [1.165, 1.54) is 54.9 Å². The summed E-state index contributed by atoms with van der Waals surface area (Å²) in [5.41, 5.74) is 14.2. The number of hydrogen-bond donors (Lipinski definition) is 0. The molecule has 0 aromatic heterocycles. The fourth-order valence-electron chi connectivity index (χ4n) is 8.00. The topological polar surface area (TPSA) is 6.48 Å². The van der Waals surface area contributed by atoms with Gasteiger partial charge >= 0.3 is 0 Å². The highest BCUT2D eigenvalue weighted by Gasteiger charge is 2.21. The SMILES string of the molecule is Cc1cc(N(c2ccccc2)c2ccc(N(c3ccccc3)c3ccccc3)cc2)c(C)cc1-c1c2ccccc2c(-c2ccccc2)c2ccccc12. The lowest BCUT2D eigenvalue weighted by Crippen LogP contribution is -2.13. The van der Waals surface area contributed by atoms with Gasteiger partial charge < -0.3 is 9.80 Å². The van der Waals surface area contributed by atoms with E-state index in [0.717, 1.165) is 34.1 Å². The normalized spacial score (nSPS) is 11.1. The molecule has 0 aliphatic rings. The molecular weight excluding hydrogens is 653 g/mol. The summed E-state index contributed by atoms with van der Waals surface area (Å²) < 4.78 is 0. The fraction of sp³-hybridized carbons (Fsp3) is 0.0385. The molecule has 0 aliphatic carbocycles. The van der Waals surface area contributed by atoms with Gasteiger partial charge in [0.15, 0.2) is 0 Å². The Morgan fingerprint density at radius 1 is 0.296 bits per heavy atom. The summed E-state index contributed by atoms with van der Waals surface area (Å²) in [7, 11) is 0. The molecule has 2 heteroatoms. The van der Waals surface area contributed by atoms with Crippen molar-refractivity contribution in [2.75, 3.05) is 9.80 Å². The van der Waals surface area contributed by atoms with Crippen LogP contribution in [0.15, 0.2) is 206 Å². The molecule has 9 rings (SSSR count). The van der Waals surface area contributed by atoms with Gasteiger partial charge in [0, 0.05) is 34.1 Å². The van der Waals surface area contributed by atoms with E-state index in [2.05, 4.69) is 230 Å². The van der Waals surface area contributed by atoms with Crippen molar-refractivity contribution < 1.29 is 0 Å². The van der Waals surface area contributed by atoms with Gasteiger partial charge in [-0.25, -0.2) is 0 Å². The molecule has 0 spiro atoms. The van der Waals surface area contributed by atoms with E-state index in [4.69, 9.17) is 0 Å². The number of nitrogens with zero attached hydrogens (tertiary/aromatic N) is 2. The van der Waals surface area contributed by atoms with Crippen LogP contribution in [-0.4, -0.2) is 0 Å². The lowest BCUT2D eigenvalue weighted by Gasteiger charge is -2.30. The first kappa shape index (κ1) is 33.0. The molecule has 0 radical (unpaired) electrons. The van der Waals surface area contributed by atoms with Gasteiger partial charge in [-0.2, -0.15) is 0 Å². The van der Waals surface area contributed by atoms with Gasteiger partial charge in [-0.15, -0.1) is 0 Å².